The number of benzene rings is 1. The van der Waals surface area contributed by atoms with Crippen molar-refractivity contribution in [2.45, 2.75) is 31.2 Å². The maximum Gasteiger partial charge on any atom is 0.0285 e. The van der Waals surface area contributed by atoms with Gasteiger partial charge in [-0.05, 0) is 52.8 Å². The highest BCUT2D eigenvalue weighted by Gasteiger charge is 2.31. The lowest BCUT2D eigenvalue weighted by atomic mass is 9.72. The molecule has 0 saturated carbocycles. The van der Waals surface area contributed by atoms with Crippen LogP contribution >= 0.6 is 11.3 Å². The summed E-state index contributed by atoms with van der Waals surface area (Å²) in [5, 5.41) is 4.36. The van der Waals surface area contributed by atoms with E-state index in [0.717, 1.165) is 19.3 Å². The van der Waals surface area contributed by atoms with E-state index in [0.29, 0.717) is 12.0 Å². The Morgan fingerprint density at radius 1 is 1.33 bits per heavy atom. The molecule has 1 heterocycles. The van der Waals surface area contributed by atoms with E-state index in [1.165, 1.54) is 16.7 Å². The lowest BCUT2D eigenvalue weighted by Gasteiger charge is -2.36. The molecule has 2 aromatic rings. The third-order valence-corrected chi connectivity index (χ3v) is 4.65. The highest BCUT2D eigenvalue weighted by molar-refractivity contribution is 7.07. The number of hydrogen-bond acceptors (Lipinski definition) is 3. The van der Waals surface area contributed by atoms with Crippen LogP contribution in [0.4, 0.5) is 0 Å². The van der Waals surface area contributed by atoms with Gasteiger partial charge >= 0.3 is 0 Å². The summed E-state index contributed by atoms with van der Waals surface area (Å²) in [5.41, 5.74) is 7.40. The zero-order valence-electron chi connectivity index (χ0n) is 10.3. The van der Waals surface area contributed by atoms with Crippen molar-refractivity contribution in [1.29, 1.82) is 0 Å². The van der Waals surface area contributed by atoms with Gasteiger partial charge in [0.2, 0.25) is 0 Å². The van der Waals surface area contributed by atoms with Crippen molar-refractivity contribution < 1.29 is 0 Å². The molecule has 0 fully saturated rings. The van der Waals surface area contributed by atoms with Crippen LogP contribution in [0.25, 0.3) is 0 Å². The average Bonchev–Trinajstić information content (AvgIpc) is 2.88. The predicted molar refractivity (Wildman–Crippen MR) is 76.6 cm³/mol. The smallest absolute Gasteiger partial charge is 0.0285 e. The molecular weight excluding hydrogens is 240 g/mol. The molecule has 18 heavy (non-hydrogen) atoms. The minimum Gasteiger partial charge on any atom is -0.271 e. The number of rotatable bonds is 5. The van der Waals surface area contributed by atoms with E-state index in [4.69, 9.17) is 5.84 Å². The summed E-state index contributed by atoms with van der Waals surface area (Å²) in [4.78, 5) is 0. The molecule has 3 N–H and O–H groups in total. The maximum atomic E-state index is 5.73. The van der Waals surface area contributed by atoms with Gasteiger partial charge in [0.1, 0.15) is 0 Å². The quantitative estimate of drug-likeness (QED) is 0.639. The molecule has 3 heteroatoms. The van der Waals surface area contributed by atoms with Crippen LogP contribution < -0.4 is 11.3 Å². The minimum absolute atomic E-state index is 0.389. The third-order valence-electron chi connectivity index (χ3n) is 3.92. The Morgan fingerprint density at radius 3 is 2.94 bits per heavy atom. The number of hydrogen-bond donors (Lipinski definition) is 2. The van der Waals surface area contributed by atoms with Gasteiger partial charge in [0.25, 0.3) is 0 Å². The molecule has 2 atom stereocenters. The van der Waals surface area contributed by atoms with Crippen LogP contribution in [-0.2, 0) is 12.8 Å². The lowest BCUT2D eigenvalue weighted by molar-refractivity contribution is 0.385. The van der Waals surface area contributed by atoms with Gasteiger partial charge in [-0.25, -0.2) is 0 Å². The molecule has 0 radical (unpaired) electrons. The molecule has 0 aliphatic heterocycles. The number of hydrazine groups is 1. The van der Waals surface area contributed by atoms with Crippen LogP contribution in [0, 0.1) is 0 Å². The van der Waals surface area contributed by atoms with Crippen LogP contribution in [0.15, 0.2) is 41.1 Å². The molecule has 94 valence electrons. The molecule has 2 nitrogen and oxygen atoms in total. The van der Waals surface area contributed by atoms with Crippen molar-refractivity contribution in [2.75, 3.05) is 0 Å². The largest absolute Gasteiger partial charge is 0.271 e. The highest BCUT2D eigenvalue weighted by Crippen LogP contribution is 2.38. The average molecular weight is 258 g/mol. The fourth-order valence-electron chi connectivity index (χ4n) is 2.81. The van der Waals surface area contributed by atoms with Crippen LogP contribution in [0.1, 0.15) is 29.0 Å². The van der Waals surface area contributed by atoms with Gasteiger partial charge in [-0.2, -0.15) is 11.3 Å². The summed E-state index contributed by atoms with van der Waals surface area (Å²) in [6.45, 7) is 0. The van der Waals surface area contributed by atoms with Crippen LogP contribution in [0.2, 0.25) is 0 Å². The summed E-state index contributed by atoms with van der Waals surface area (Å²) in [6, 6.07) is 11.3. The van der Waals surface area contributed by atoms with Gasteiger partial charge in [-0.1, -0.05) is 24.3 Å². The maximum absolute atomic E-state index is 5.73. The van der Waals surface area contributed by atoms with Gasteiger partial charge in [0, 0.05) is 12.0 Å². The Morgan fingerprint density at radius 2 is 2.22 bits per heavy atom. The molecule has 0 spiro atoms. The van der Waals surface area contributed by atoms with Gasteiger partial charge in [-0.3, -0.25) is 11.3 Å². The second-order valence-electron chi connectivity index (χ2n) is 4.95. The van der Waals surface area contributed by atoms with E-state index in [2.05, 4.69) is 46.5 Å². The second-order valence-corrected chi connectivity index (χ2v) is 5.73. The molecule has 0 saturated heterocycles. The zero-order valence-corrected chi connectivity index (χ0v) is 11.1. The third kappa shape index (κ3) is 2.21. The Hall–Kier alpha value is -1.16. The molecule has 0 amide bonds. The summed E-state index contributed by atoms with van der Waals surface area (Å²) in [7, 11) is 0. The first-order chi connectivity index (χ1) is 8.88. The van der Waals surface area contributed by atoms with Gasteiger partial charge in [0.05, 0.1) is 0 Å². The zero-order chi connectivity index (χ0) is 12.4. The van der Waals surface area contributed by atoms with Crippen LogP contribution in [0.5, 0.6) is 0 Å². The summed E-state index contributed by atoms with van der Waals surface area (Å²) >= 11 is 1.76. The molecular formula is C15H18N2S. The molecule has 2 unspecified atom stereocenters. The molecule has 1 aromatic heterocycles. The minimum atomic E-state index is 0.389. The summed E-state index contributed by atoms with van der Waals surface area (Å²) in [5.74, 6) is 6.32. The summed E-state index contributed by atoms with van der Waals surface area (Å²) < 4.78 is 0. The standard InChI is InChI=1S/C15H18N2S/c16-17-15(6-5-11-7-8-18-10-11)14-9-12-3-1-2-4-13(12)14/h1-4,7-8,10,14-15,17H,5-6,9,16H2. The number of thiophene rings is 1. The molecule has 0 bridgehead atoms. The Kier molecular flexibility index (Phi) is 3.46. The summed E-state index contributed by atoms with van der Waals surface area (Å²) in [6.07, 6.45) is 3.37. The van der Waals surface area contributed by atoms with Crippen molar-refractivity contribution in [3.05, 3.63) is 57.8 Å². The number of nitrogens with one attached hydrogen (secondary N) is 1. The van der Waals surface area contributed by atoms with E-state index in [1.54, 1.807) is 11.3 Å². The van der Waals surface area contributed by atoms with E-state index in [1.807, 2.05) is 0 Å². The molecule has 1 aromatic carbocycles. The normalized spacial score (nSPS) is 19.1. The van der Waals surface area contributed by atoms with Gasteiger partial charge in [0.15, 0.2) is 0 Å². The molecule has 3 rings (SSSR count). The molecule has 1 aliphatic carbocycles. The van der Waals surface area contributed by atoms with Crippen molar-refractivity contribution in [3.63, 3.8) is 0 Å². The van der Waals surface area contributed by atoms with E-state index >= 15 is 0 Å². The highest BCUT2D eigenvalue weighted by atomic mass is 32.1. The molecule has 1 aliphatic rings. The van der Waals surface area contributed by atoms with Crippen molar-refractivity contribution in [1.82, 2.24) is 5.43 Å². The van der Waals surface area contributed by atoms with E-state index in [9.17, 15) is 0 Å². The Balaban J connectivity index is 1.64. The van der Waals surface area contributed by atoms with Crippen molar-refractivity contribution in [2.24, 2.45) is 5.84 Å². The first-order valence-electron chi connectivity index (χ1n) is 6.43. The second kappa shape index (κ2) is 5.22. The Bertz CT molecular complexity index is 507. The monoisotopic (exact) mass is 258 g/mol. The Labute approximate surface area is 112 Å². The fourth-order valence-corrected chi connectivity index (χ4v) is 3.52. The van der Waals surface area contributed by atoms with E-state index in [-0.39, 0.29) is 0 Å². The fraction of sp³-hybridized carbons (Fsp3) is 0.333. The van der Waals surface area contributed by atoms with Gasteiger partial charge < -0.3 is 0 Å². The number of fused-ring (bicyclic) bond motifs is 1. The first kappa shape index (κ1) is 11.9. The first-order valence-corrected chi connectivity index (χ1v) is 7.38. The van der Waals surface area contributed by atoms with Crippen molar-refractivity contribution in [3.8, 4) is 0 Å². The number of aryl methyl sites for hydroxylation is 1. The topological polar surface area (TPSA) is 38.0 Å². The van der Waals surface area contributed by atoms with Crippen LogP contribution in [0.3, 0.4) is 0 Å². The predicted octanol–water partition coefficient (Wildman–Crippen LogP) is 2.85. The van der Waals surface area contributed by atoms with Crippen molar-refractivity contribution >= 4 is 11.3 Å². The SMILES string of the molecule is NNC(CCc1ccsc1)C1Cc2ccccc21. The lowest BCUT2D eigenvalue weighted by Crippen LogP contribution is -2.44. The van der Waals surface area contributed by atoms with Gasteiger partial charge in [-0.15, -0.1) is 0 Å². The van der Waals surface area contributed by atoms with Crippen LogP contribution in [-0.4, -0.2) is 6.04 Å². The van der Waals surface area contributed by atoms with E-state index < -0.39 is 0 Å². The number of nitrogens with two attached hydrogens (primary N) is 1.